The number of para-hydroxylation sites is 1. The molecule has 0 aliphatic carbocycles. The highest BCUT2D eigenvalue weighted by atomic mass is 79.9. The minimum Gasteiger partial charge on any atom is -0.458 e. The van der Waals surface area contributed by atoms with Gasteiger partial charge in [0.2, 0.25) is 0 Å². The highest BCUT2D eigenvalue weighted by Gasteiger charge is 2.42. The molecule has 0 amide bonds. The topological polar surface area (TPSA) is 12.5 Å². The smallest absolute Gasteiger partial charge is 0.256 e. The van der Waals surface area contributed by atoms with E-state index < -0.39 is 0 Å². The first-order valence-electron chi connectivity index (χ1n) is 12.7. The van der Waals surface area contributed by atoms with Gasteiger partial charge in [-0.2, -0.15) is 0 Å². The average Bonchev–Trinajstić information content (AvgIpc) is 2.82. The molecule has 0 fully saturated rings. The van der Waals surface area contributed by atoms with E-state index in [1.807, 2.05) is 0 Å². The number of benzene rings is 4. The van der Waals surface area contributed by atoms with Gasteiger partial charge in [0, 0.05) is 21.5 Å². The standard InChI is InChI=1S/C32H31BBrNO/c1-31(2,3)20-12-14-26-24(16-20)33-25-17-21(32(4,5)6)13-15-28(25)36-29-19-22(34)18-27(30(29)33)35(26)23-10-8-7-9-11-23/h7-19H,1-6H3. The summed E-state index contributed by atoms with van der Waals surface area (Å²) in [6.45, 7) is 13.8. The number of halogens is 1. The third kappa shape index (κ3) is 3.69. The maximum absolute atomic E-state index is 6.61. The largest absolute Gasteiger partial charge is 0.458 e. The fraction of sp³-hybridized carbons (Fsp3) is 0.250. The molecule has 2 nitrogen and oxygen atoms in total. The summed E-state index contributed by atoms with van der Waals surface area (Å²) in [4.78, 5) is 2.39. The zero-order valence-corrected chi connectivity index (χ0v) is 23.4. The molecule has 4 aromatic carbocycles. The molecule has 0 spiro atoms. The predicted molar refractivity (Wildman–Crippen MR) is 157 cm³/mol. The van der Waals surface area contributed by atoms with Crippen molar-refractivity contribution in [2.75, 3.05) is 4.90 Å². The Labute approximate surface area is 223 Å². The first kappa shape index (κ1) is 23.4. The Morgan fingerprint density at radius 2 is 1.31 bits per heavy atom. The van der Waals surface area contributed by atoms with E-state index in [1.54, 1.807) is 0 Å². The van der Waals surface area contributed by atoms with E-state index in [1.165, 1.54) is 38.9 Å². The van der Waals surface area contributed by atoms with Crippen LogP contribution in [0.1, 0.15) is 52.7 Å². The van der Waals surface area contributed by atoms with Gasteiger partial charge in [-0.3, -0.25) is 0 Å². The van der Waals surface area contributed by atoms with Gasteiger partial charge in [-0.25, -0.2) is 0 Å². The van der Waals surface area contributed by atoms with E-state index in [4.69, 9.17) is 4.74 Å². The number of rotatable bonds is 1. The second-order valence-electron chi connectivity index (χ2n) is 12.1. The summed E-state index contributed by atoms with van der Waals surface area (Å²) in [5.74, 6) is 1.87. The minimum absolute atomic E-state index is 0.0523. The first-order chi connectivity index (χ1) is 17.0. The number of fused-ring (bicyclic) bond motifs is 4. The van der Waals surface area contributed by atoms with Crippen molar-refractivity contribution in [2.24, 2.45) is 0 Å². The Hall–Kier alpha value is -2.98. The van der Waals surface area contributed by atoms with Crippen molar-refractivity contribution >= 4 is 56.1 Å². The van der Waals surface area contributed by atoms with E-state index in [9.17, 15) is 0 Å². The molecule has 36 heavy (non-hydrogen) atoms. The number of hydrogen-bond acceptors (Lipinski definition) is 2. The van der Waals surface area contributed by atoms with Crippen LogP contribution in [0, 0.1) is 0 Å². The van der Waals surface area contributed by atoms with E-state index in [0.29, 0.717) is 0 Å². The van der Waals surface area contributed by atoms with Crippen molar-refractivity contribution in [3.63, 3.8) is 0 Å². The first-order valence-corrected chi connectivity index (χ1v) is 13.5. The SMILES string of the molecule is CC(C)(C)c1ccc2c(c1)B1c3cc(C(C)(C)C)ccc3N(c3ccccc3)c3cc(Br)cc(c31)O2. The fourth-order valence-corrected chi connectivity index (χ4v) is 5.93. The molecule has 2 aliphatic rings. The summed E-state index contributed by atoms with van der Waals surface area (Å²) >= 11 is 3.77. The molecule has 0 radical (unpaired) electrons. The summed E-state index contributed by atoms with van der Waals surface area (Å²) < 4.78 is 7.63. The van der Waals surface area contributed by atoms with Gasteiger partial charge in [-0.1, -0.05) is 99.9 Å². The number of hydrogen-bond donors (Lipinski definition) is 0. The van der Waals surface area contributed by atoms with Gasteiger partial charge in [0.05, 0.1) is 0 Å². The van der Waals surface area contributed by atoms with Crippen LogP contribution < -0.4 is 26.0 Å². The monoisotopic (exact) mass is 535 g/mol. The van der Waals surface area contributed by atoms with Gasteiger partial charge in [0.25, 0.3) is 6.71 Å². The molecule has 180 valence electrons. The Bertz CT molecular complexity index is 1500. The molecule has 0 saturated carbocycles. The molecule has 0 atom stereocenters. The van der Waals surface area contributed by atoms with Crippen LogP contribution in [0.4, 0.5) is 17.1 Å². The van der Waals surface area contributed by atoms with Crippen molar-refractivity contribution in [3.05, 3.63) is 94.5 Å². The van der Waals surface area contributed by atoms with Crippen LogP contribution in [0.15, 0.2) is 83.3 Å². The molecular weight excluding hydrogens is 505 g/mol. The Morgan fingerprint density at radius 3 is 1.97 bits per heavy atom. The van der Waals surface area contributed by atoms with Gasteiger partial charge in [0.1, 0.15) is 11.5 Å². The molecular formula is C32H31BBrNO. The predicted octanol–water partition coefficient (Wildman–Crippen LogP) is 7.45. The van der Waals surface area contributed by atoms with E-state index in [-0.39, 0.29) is 17.5 Å². The highest BCUT2D eigenvalue weighted by molar-refractivity contribution is 9.10. The van der Waals surface area contributed by atoms with E-state index >= 15 is 0 Å². The van der Waals surface area contributed by atoms with Crippen LogP contribution in [-0.2, 0) is 10.8 Å². The average molecular weight is 536 g/mol. The highest BCUT2D eigenvalue weighted by Crippen LogP contribution is 2.43. The van der Waals surface area contributed by atoms with Gasteiger partial charge < -0.3 is 9.64 Å². The van der Waals surface area contributed by atoms with Gasteiger partial charge in [-0.05, 0) is 74.7 Å². The number of nitrogens with zero attached hydrogens (tertiary/aromatic N) is 1. The van der Waals surface area contributed by atoms with Crippen LogP contribution in [0.5, 0.6) is 11.5 Å². The van der Waals surface area contributed by atoms with Crippen molar-refractivity contribution in [2.45, 2.75) is 52.4 Å². The molecule has 4 heteroatoms. The zero-order valence-electron chi connectivity index (χ0n) is 21.8. The third-order valence-corrected chi connectivity index (χ3v) is 7.94. The normalized spacial score (nSPS) is 14.1. The van der Waals surface area contributed by atoms with Crippen LogP contribution in [-0.4, -0.2) is 6.71 Å². The van der Waals surface area contributed by atoms with Gasteiger partial charge in [-0.15, -0.1) is 0 Å². The summed E-state index contributed by atoms with van der Waals surface area (Å²) in [6, 6.07) is 28.8. The molecule has 0 N–H and O–H groups in total. The quantitative estimate of drug-likeness (QED) is 0.203. The lowest BCUT2D eigenvalue weighted by atomic mass is 9.34. The van der Waals surface area contributed by atoms with Crippen LogP contribution >= 0.6 is 15.9 Å². The maximum atomic E-state index is 6.61. The summed E-state index contributed by atoms with van der Waals surface area (Å²) in [7, 11) is 0. The van der Waals surface area contributed by atoms with Crippen LogP contribution in [0.3, 0.4) is 0 Å². The van der Waals surface area contributed by atoms with Gasteiger partial charge >= 0.3 is 0 Å². The Kier molecular flexibility index (Phi) is 5.21. The molecule has 2 aliphatic heterocycles. The summed E-state index contributed by atoms with van der Waals surface area (Å²) in [5.41, 5.74) is 10.1. The minimum atomic E-state index is 0.0523. The second kappa shape index (κ2) is 8.01. The van der Waals surface area contributed by atoms with Crippen LogP contribution in [0.25, 0.3) is 0 Å². The summed E-state index contributed by atoms with van der Waals surface area (Å²) in [6.07, 6.45) is 0. The third-order valence-electron chi connectivity index (χ3n) is 7.48. The van der Waals surface area contributed by atoms with Crippen molar-refractivity contribution in [3.8, 4) is 11.5 Å². The van der Waals surface area contributed by atoms with Crippen molar-refractivity contribution in [1.29, 1.82) is 0 Å². The second-order valence-corrected chi connectivity index (χ2v) is 13.0. The molecule has 0 aromatic heterocycles. The molecule has 0 unspecified atom stereocenters. The maximum Gasteiger partial charge on any atom is 0.256 e. The lowest BCUT2D eigenvalue weighted by molar-refractivity contribution is 0.486. The Balaban J connectivity index is 1.70. The molecule has 6 rings (SSSR count). The van der Waals surface area contributed by atoms with Crippen molar-refractivity contribution < 1.29 is 4.74 Å². The van der Waals surface area contributed by atoms with Crippen molar-refractivity contribution in [1.82, 2.24) is 0 Å². The lowest BCUT2D eigenvalue weighted by Gasteiger charge is -2.41. The van der Waals surface area contributed by atoms with Gasteiger partial charge in [0.15, 0.2) is 0 Å². The van der Waals surface area contributed by atoms with E-state index in [2.05, 4.69) is 141 Å². The fourth-order valence-electron chi connectivity index (χ4n) is 5.51. The number of anilines is 3. The number of ether oxygens (including phenoxy) is 1. The molecule has 0 bridgehead atoms. The molecule has 2 heterocycles. The zero-order chi connectivity index (χ0) is 25.4. The molecule has 4 aromatic rings. The lowest BCUT2D eigenvalue weighted by Crippen LogP contribution is -2.59. The Morgan fingerprint density at radius 1 is 0.667 bits per heavy atom. The van der Waals surface area contributed by atoms with Crippen LogP contribution in [0.2, 0.25) is 0 Å². The molecule has 0 saturated heterocycles. The van der Waals surface area contributed by atoms with E-state index in [0.717, 1.165) is 21.7 Å². The summed E-state index contributed by atoms with van der Waals surface area (Å²) in [5, 5.41) is 0.